The second kappa shape index (κ2) is 6.40. The Morgan fingerprint density at radius 1 is 1.36 bits per heavy atom. The van der Waals surface area contributed by atoms with Crippen molar-refractivity contribution in [2.45, 2.75) is 18.9 Å². The Bertz CT molecular complexity index is 911. The molecule has 1 aliphatic heterocycles. The molecule has 0 atom stereocenters. The third-order valence-corrected chi connectivity index (χ3v) is 4.64. The van der Waals surface area contributed by atoms with Gasteiger partial charge in [0.15, 0.2) is 5.58 Å². The van der Waals surface area contributed by atoms with Crippen LogP contribution >= 0.6 is 11.6 Å². The molecule has 4 rings (SSSR count). The molecule has 3 aromatic rings. The lowest BCUT2D eigenvalue weighted by Crippen LogP contribution is -2.44. The molecule has 1 aliphatic rings. The molecule has 25 heavy (non-hydrogen) atoms. The van der Waals surface area contributed by atoms with E-state index in [1.54, 1.807) is 36.3 Å². The number of anilines is 1. The van der Waals surface area contributed by atoms with Crippen molar-refractivity contribution in [3.63, 3.8) is 0 Å². The number of piperidine rings is 1. The predicted octanol–water partition coefficient (Wildman–Crippen LogP) is 2.61. The SMILES string of the molecule is Cn1cc(C(=O)NC2CCN(c3nc4ccc(Cl)cc4o3)CC2)cn1. The molecule has 0 radical (unpaired) electrons. The highest BCUT2D eigenvalue weighted by Gasteiger charge is 2.24. The molecule has 1 fully saturated rings. The van der Waals surface area contributed by atoms with Crippen molar-refractivity contribution in [1.82, 2.24) is 20.1 Å². The van der Waals surface area contributed by atoms with Gasteiger partial charge >= 0.3 is 0 Å². The summed E-state index contributed by atoms with van der Waals surface area (Å²) in [5, 5.41) is 7.73. The van der Waals surface area contributed by atoms with Crippen LogP contribution in [0.25, 0.3) is 11.1 Å². The molecule has 7 nitrogen and oxygen atoms in total. The number of rotatable bonds is 3. The number of nitrogens with zero attached hydrogens (tertiary/aromatic N) is 4. The van der Waals surface area contributed by atoms with Gasteiger partial charge in [-0.1, -0.05) is 11.6 Å². The molecule has 2 aromatic heterocycles. The van der Waals surface area contributed by atoms with Gasteiger partial charge in [-0.3, -0.25) is 9.48 Å². The fraction of sp³-hybridized carbons (Fsp3) is 0.353. The minimum atomic E-state index is -0.0805. The number of hydrogen-bond donors (Lipinski definition) is 1. The van der Waals surface area contributed by atoms with Gasteiger partial charge in [-0.25, -0.2) is 0 Å². The number of oxazole rings is 1. The van der Waals surface area contributed by atoms with E-state index in [4.69, 9.17) is 16.0 Å². The van der Waals surface area contributed by atoms with Gasteiger partial charge in [0.05, 0.1) is 11.8 Å². The summed E-state index contributed by atoms with van der Waals surface area (Å²) < 4.78 is 7.43. The maximum Gasteiger partial charge on any atom is 0.298 e. The minimum absolute atomic E-state index is 0.0805. The average Bonchev–Trinajstić information content (AvgIpc) is 3.21. The third kappa shape index (κ3) is 3.32. The lowest BCUT2D eigenvalue weighted by Gasteiger charge is -2.31. The highest BCUT2D eigenvalue weighted by atomic mass is 35.5. The van der Waals surface area contributed by atoms with Crippen molar-refractivity contribution in [3.8, 4) is 0 Å². The summed E-state index contributed by atoms with van der Waals surface area (Å²) in [6, 6.07) is 6.17. The van der Waals surface area contributed by atoms with Crippen molar-refractivity contribution < 1.29 is 9.21 Å². The first-order chi connectivity index (χ1) is 12.1. The van der Waals surface area contributed by atoms with E-state index in [0.717, 1.165) is 31.4 Å². The molecule has 1 amide bonds. The number of amides is 1. The quantitative estimate of drug-likeness (QED) is 0.778. The first kappa shape index (κ1) is 16.0. The van der Waals surface area contributed by atoms with Crippen molar-refractivity contribution in [3.05, 3.63) is 41.2 Å². The maximum absolute atomic E-state index is 12.2. The van der Waals surface area contributed by atoms with Gasteiger partial charge in [-0.05, 0) is 25.0 Å². The largest absolute Gasteiger partial charge is 0.423 e. The highest BCUT2D eigenvalue weighted by molar-refractivity contribution is 6.31. The van der Waals surface area contributed by atoms with Crippen LogP contribution in [0.4, 0.5) is 6.01 Å². The van der Waals surface area contributed by atoms with E-state index in [0.29, 0.717) is 22.2 Å². The smallest absolute Gasteiger partial charge is 0.298 e. The van der Waals surface area contributed by atoms with Crippen molar-refractivity contribution >= 4 is 34.6 Å². The van der Waals surface area contributed by atoms with Crippen LogP contribution < -0.4 is 10.2 Å². The Morgan fingerprint density at radius 2 is 2.16 bits per heavy atom. The summed E-state index contributed by atoms with van der Waals surface area (Å²) in [4.78, 5) is 18.8. The van der Waals surface area contributed by atoms with Gasteiger partial charge in [-0.15, -0.1) is 0 Å². The van der Waals surface area contributed by atoms with E-state index < -0.39 is 0 Å². The van der Waals surface area contributed by atoms with Crippen LogP contribution in [-0.2, 0) is 7.05 Å². The molecule has 1 saturated heterocycles. The standard InChI is InChI=1S/C17H18ClN5O2/c1-22-10-11(9-19-22)16(24)20-13-4-6-23(7-5-13)17-21-14-3-2-12(18)8-15(14)25-17/h2-3,8-10,13H,4-7H2,1H3,(H,20,24). The fourth-order valence-corrected chi connectivity index (χ4v) is 3.21. The molecule has 3 heterocycles. The zero-order valence-corrected chi connectivity index (χ0v) is 14.5. The number of nitrogens with one attached hydrogen (secondary N) is 1. The van der Waals surface area contributed by atoms with E-state index >= 15 is 0 Å². The van der Waals surface area contributed by atoms with E-state index in [1.807, 2.05) is 6.07 Å². The average molecular weight is 360 g/mol. The van der Waals surface area contributed by atoms with Gasteiger partial charge < -0.3 is 14.6 Å². The van der Waals surface area contributed by atoms with Crippen LogP contribution in [-0.4, -0.2) is 39.8 Å². The summed E-state index contributed by atoms with van der Waals surface area (Å²) in [6.07, 6.45) is 4.97. The molecule has 0 saturated carbocycles. The summed E-state index contributed by atoms with van der Waals surface area (Å²) in [6.45, 7) is 1.55. The molecule has 1 N–H and O–H groups in total. The Hall–Kier alpha value is -2.54. The highest BCUT2D eigenvalue weighted by Crippen LogP contribution is 2.26. The first-order valence-electron chi connectivity index (χ1n) is 8.19. The Labute approximate surface area is 149 Å². The number of aryl methyl sites for hydroxylation is 1. The van der Waals surface area contributed by atoms with E-state index in [2.05, 4.69) is 20.3 Å². The van der Waals surface area contributed by atoms with E-state index in [9.17, 15) is 4.79 Å². The topological polar surface area (TPSA) is 76.2 Å². The van der Waals surface area contributed by atoms with Crippen LogP contribution in [0, 0.1) is 0 Å². The van der Waals surface area contributed by atoms with Crippen LogP contribution in [0.1, 0.15) is 23.2 Å². The van der Waals surface area contributed by atoms with E-state index in [-0.39, 0.29) is 11.9 Å². The lowest BCUT2D eigenvalue weighted by atomic mass is 10.1. The van der Waals surface area contributed by atoms with Gasteiger partial charge in [-0.2, -0.15) is 10.1 Å². The first-order valence-corrected chi connectivity index (χ1v) is 8.57. The summed E-state index contributed by atoms with van der Waals surface area (Å²) in [5.41, 5.74) is 2.07. The van der Waals surface area contributed by atoms with Gasteiger partial charge in [0.25, 0.3) is 11.9 Å². The molecular formula is C17H18ClN5O2. The molecule has 8 heteroatoms. The van der Waals surface area contributed by atoms with Crippen molar-refractivity contribution in [2.24, 2.45) is 7.05 Å². The summed E-state index contributed by atoms with van der Waals surface area (Å²) >= 11 is 5.99. The fourth-order valence-electron chi connectivity index (χ4n) is 3.04. The number of benzene rings is 1. The van der Waals surface area contributed by atoms with Crippen LogP contribution in [0.15, 0.2) is 35.0 Å². The number of halogens is 1. The molecule has 0 aliphatic carbocycles. The number of fused-ring (bicyclic) bond motifs is 1. The van der Waals surface area contributed by atoms with Crippen LogP contribution in [0.5, 0.6) is 0 Å². The zero-order chi connectivity index (χ0) is 17.4. The second-order valence-corrected chi connectivity index (χ2v) is 6.68. The van der Waals surface area contributed by atoms with Gasteiger partial charge in [0, 0.05) is 43.5 Å². The second-order valence-electron chi connectivity index (χ2n) is 6.25. The lowest BCUT2D eigenvalue weighted by molar-refractivity contribution is 0.0931. The maximum atomic E-state index is 12.2. The molecule has 130 valence electrons. The third-order valence-electron chi connectivity index (χ3n) is 4.41. The van der Waals surface area contributed by atoms with Crippen molar-refractivity contribution in [2.75, 3.05) is 18.0 Å². The number of carbonyl (C=O) groups is 1. The molecule has 1 aromatic carbocycles. The van der Waals surface area contributed by atoms with Gasteiger partial charge in [0.1, 0.15) is 5.52 Å². The van der Waals surface area contributed by atoms with Gasteiger partial charge in [0.2, 0.25) is 0 Å². The molecule has 0 spiro atoms. The summed E-state index contributed by atoms with van der Waals surface area (Å²) in [7, 11) is 1.79. The zero-order valence-electron chi connectivity index (χ0n) is 13.8. The Kier molecular flexibility index (Phi) is 4.09. The Balaban J connectivity index is 1.38. The predicted molar refractivity (Wildman–Crippen MR) is 94.9 cm³/mol. The van der Waals surface area contributed by atoms with Crippen LogP contribution in [0.2, 0.25) is 5.02 Å². The number of carbonyl (C=O) groups excluding carboxylic acids is 1. The Morgan fingerprint density at radius 3 is 2.88 bits per heavy atom. The number of aromatic nitrogens is 3. The van der Waals surface area contributed by atoms with Crippen molar-refractivity contribution in [1.29, 1.82) is 0 Å². The minimum Gasteiger partial charge on any atom is -0.423 e. The number of hydrogen-bond acceptors (Lipinski definition) is 5. The summed E-state index contributed by atoms with van der Waals surface area (Å²) in [5.74, 6) is -0.0805. The van der Waals surface area contributed by atoms with E-state index in [1.165, 1.54) is 0 Å². The molecule has 0 bridgehead atoms. The normalized spacial score (nSPS) is 15.7. The monoisotopic (exact) mass is 359 g/mol. The molecule has 0 unspecified atom stereocenters. The molecular weight excluding hydrogens is 342 g/mol. The van der Waals surface area contributed by atoms with Crippen LogP contribution in [0.3, 0.4) is 0 Å².